The van der Waals surface area contributed by atoms with Crippen LogP contribution >= 0.6 is 0 Å². The molecule has 0 aliphatic carbocycles. The fourth-order valence-electron chi connectivity index (χ4n) is 1.36. The zero-order chi connectivity index (χ0) is 10.7. The lowest BCUT2D eigenvalue weighted by Crippen LogP contribution is -1.91. The van der Waals surface area contributed by atoms with E-state index in [0.717, 1.165) is 17.5 Å². The first kappa shape index (κ1) is 9.64. The standard InChI is InChI=1S/C10H12N4O/c1-3-7-6-12-5-4-8(7)9-13-10(11-2)15-14-9/h4-6H,3H2,1-2H3,(H,11,13,14). The van der Waals surface area contributed by atoms with Gasteiger partial charge in [0.05, 0.1) is 0 Å². The van der Waals surface area contributed by atoms with E-state index in [0.29, 0.717) is 11.8 Å². The molecule has 0 saturated heterocycles. The minimum atomic E-state index is 0.420. The molecule has 2 aromatic heterocycles. The molecule has 0 spiro atoms. The Kier molecular flexibility index (Phi) is 2.62. The van der Waals surface area contributed by atoms with E-state index >= 15 is 0 Å². The molecule has 0 fully saturated rings. The molecule has 2 aromatic rings. The summed E-state index contributed by atoms with van der Waals surface area (Å²) in [6.45, 7) is 2.07. The van der Waals surface area contributed by atoms with Crippen LogP contribution in [0.5, 0.6) is 0 Å². The Hall–Kier alpha value is -1.91. The molecule has 0 radical (unpaired) electrons. The summed E-state index contributed by atoms with van der Waals surface area (Å²) in [5, 5.41) is 6.69. The van der Waals surface area contributed by atoms with Crippen LogP contribution in [0.4, 0.5) is 6.01 Å². The molecule has 0 unspecified atom stereocenters. The van der Waals surface area contributed by atoms with Gasteiger partial charge < -0.3 is 9.84 Å². The minimum absolute atomic E-state index is 0.420. The maximum atomic E-state index is 4.98. The summed E-state index contributed by atoms with van der Waals surface area (Å²) in [5.41, 5.74) is 2.08. The highest BCUT2D eigenvalue weighted by molar-refractivity contribution is 5.59. The van der Waals surface area contributed by atoms with Crippen molar-refractivity contribution in [3.63, 3.8) is 0 Å². The maximum Gasteiger partial charge on any atom is 0.321 e. The lowest BCUT2D eigenvalue weighted by Gasteiger charge is -2.00. The van der Waals surface area contributed by atoms with E-state index in [1.807, 2.05) is 12.3 Å². The molecule has 0 atom stereocenters. The summed E-state index contributed by atoms with van der Waals surface area (Å²) in [6, 6.07) is 2.31. The molecule has 0 saturated carbocycles. The molecular formula is C10H12N4O. The van der Waals surface area contributed by atoms with Gasteiger partial charge in [0.15, 0.2) is 0 Å². The third kappa shape index (κ3) is 1.81. The number of hydrogen-bond donors (Lipinski definition) is 1. The highest BCUT2D eigenvalue weighted by Crippen LogP contribution is 2.21. The number of nitrogens with zero attached hydrogens (tertiary/aromatic N) is 3. The van der Waals surface area contributed by atoms with Crippen molar-refractivity contribution in [1.29, 1.82) is 0 Å². The number of anilines is 1. The number of aromatic nitrogens is 3. The van der Waals surface area contributed by atoms with Gasteiger partial charge in [0.25, 0.3) is 0 Å². The van der Waals surface area contributed by atoms with Crippen LogP contribution in [-0.2, 0) is 6.42 Å². The fraction of sp³-hybridized carbons (Fsp3) is 0.300. The second-order valence-electron chi connectivity index (χ2n) is 3.06. The quantitative estimate of drug-likeness (QED) is 0.824. The van der Waals surface area contributed by atoms with Gasteiger partial charge in [0.2, 0.25) is 5.82 Å². The minimum Gasteiger partial charge on any atom is -0.341 e. The predicted molar refractivity (Wildman–Crippen MR) is 56.5 cm³/mol. The molecular weight excluding hydrogens is 192 g/mol. The van der Waals surface area contributed by atoms with Crippen LogP contribution in [-0.4, -0.2) is 22.2 Å². The molecule has 2 heterocycles. The van der Waals surface area contributed by atoms with Gasteiger partial charge >= 0.3 is 6.01 Å². The van der Waals surface area contributed by atoms with Crippen LogP contribution in [0.25, 0.3) is 11.4 Å². The van der Waals surface area contributed by atoms with Gasteiger partial charge in [0, 0.05) is 25.0 Å². The summed E-state index contributed by atoms with van der Waals surface area (Å²) in [6.07, 6.45) is 4.45. The SMILES string of the molecule is CCc1cnccc1-c1noc(NC)n1. The van der Waals surface area contributed by atoms with Gasteiger partial charge in [-0.25, -0.2) is 0 Å². The van der Waals surface area contributed by atoms with E-state index in [1.54, 1.807) is 13.2 Å². The molecule has 1 N–H and O–H groups in total. The lowest BCUT2D eigenvalue weighted by atomic mass is 10.1. The highest BCUT2D eigenvalue weighted by atomic mass is 16.5. The van der Waals surface area contributed by atoms with E-state index in [-0.39, 0.29) is 0 Å². The first-order chi connectivity index (χ1) is 7.35. The number of hydrogen-bond acceptors (Lipinski definition) is 5. The summed E-state index contributed by atoms with van der Waals surface area (Å²) < 4.78 is 4.98. The van der Waals surface area contributed by atoms with Crippen molar-refractivity contribution in [2.45, 2.75) is 13.3 Å². The maximum absolute atomic E-state index is 4.98. The third-order valence-corrected chi connectivity index (χ3v) is 2.17. The largest absolute Gasteiger partial charge is 0.341 e. The van der Waals surface area contributed by atoms with Crippen LogP contribution < -0.4 is 5.32 Å². The van der Waals surface area contributed by atoms with Crippen LogP contribution in [0.1, 0.15) is 12.5 Å². The zero-order valence-corrected chi connectivity index (χ0v) is 8.69. The molecule has 0 amide bonds. The van der Waals surface area contributed by atoms with Crippen LogP contribution in [0.2, 0.25) is 0 Å². The van der Waals surface area contributed by atoms with E-state index in [9.17, 15) is 0 Å². The van der Waals surface area contributed by atoms with Gasteiger partial charge in [0.1, 0.15) is 0 Å². The van der Waals surface area contributed by atoms with Gasteiger partial charge in [-0.2, -0.15) is 4.98 Å². The topological polar surface area (TPSA) is 63.8 Å². The smallest absolute Gasteiger partial charge is 0.321 e. The van der Waals surface area contributed by atoms with Crippen molar-refractivity contribution in [3.8, 4) is 11.4 Å². The predicted octanol–water partition coefficient (Wildman–Crippen LogP) is 1.74. The molecule has 0 bridgehead atoms. The molecule has 0 aliphatic heterocycles. The van der Waals surface area contributed by atoms with Gasteiger partial charge in [-0.15, -0.1) is 0 Å². The van der Waals surface area contributed by atoms with E-state index < -0.39 is 0 Å². The Labute approximate surface area is 87.5 Å². The van der Waals surface area contributed by atoms with Crippen molar-refractivity contribution in [1.82, 2.24) is 15.1 Å². The molecule has 0 aliphatic rings. The molecule has 5 nitrogen and oxygen atoms in total. The van der Waals surface area contributed by atoms with Gasteiger partial charge in [-0.05, 0) is 18.1 Å². The fourth-order valence-corrected chi connectivity index (χ4v) is 1.36. The van der Waals surface area contributed by atoms with Crippen LogP contribution in [0, 0.1) is 0 Å². The lowest BCUT2D eigenvalue weighted by molar-refractivity contribution is 0.434. The Morgan fingerprint density at radius 1 is 1.47 bits per heavy atom. The number of nitrogens with one attached hydrogen (secondary N) is 1. The third-order valence-electron chi connectivity index (χ3n) is 2.17. The summed E-state index contributed by atoms with van der Waals surface area (Å²) >= 11 is 0. The van der Waals surface area contributed by atoms with Crippen molar-refractivity contribution < 1.29 is 4.52 Å². The van der Waals surface area contributed by atoms with Crippen molar-refractivity contribution >= 4 is 6.01 Å². The van der Waals surface area contributed by atoms with Gasteiger partial charge in [-0.1, -0.05) is 12.1 Å². The van der Waals surface area contributed by atoms with Crippen molar-refractivity contribution in [3.05, 3.63) is 24.0 Å². The number of aryl methyl sites for hydroxylation is 1. The number of pyridine rings is 1. The normalized spacial score (nSPS) is 10.3. The second-order valence-corrected chi connectivity index (χ2v) is 3.06. The summed E-state index contributed by atoms with van der Waals surface area (Å²) in [5.74, 6) is 0.596. The van der Waals surface area contributed by atoms with Gasteiger partial charge in [-0.3, -0.25) is 4.98 Å². The van der Waals surface area contributed by atoms with E-state index in [2.05, 4.69) is 27.4 Å². The van der Waals surface area contributed by atoms with E-state index in [1.165, 1.54) is 0 Å². The average molecular weight is 204 g/mol. The monoisotopic (exact) mass is 204 g/mol. The Morgan fingerprint density at radius 2 is 2.33 bits per heavy atom. The Bertz CT molecular complexity index is 452. The Morgan fingerprint density at radius 3 is 3.00 bits per heavy atom. The first-order valence-electron chi connectivity index (χ1n) is 4.80. The average Bonchev–Trinajstić information content (AvgIpc) is 2.77. The zero-order valence-electron chi connectivity index (χ0n) is 8.69. The van der Waals surface area contributed by atoms with E-state index in [4.69, 9.17) is 4.52 Å². The first-order valence-corrected chi connectivity index (χ1v) is 4.80. The summed E-state index contributed by atoms with van der Waals surface area (Å²) in [7, 11) is 1.74. The van der Waals surface area contributed by atoms with Crippen molar-refractivity contribution in [2.24, 2.45) is 0 Å². The van der Waals surface area contributed by atoms with Crippen molar-refractivity contribution in [2.75, 3.05) is 12.4 Å². The second kappa shape index (κ2) is 4.08. The van der Waals surface area contributed by atoms with Crippen LogP contribution in [0.3, 0.4) is 0 Å². The molecule has 5 heteroatoms. The molecule has 2 rings (SSSR count). The number of rotatable bonds is 3. The Balaban J connectivity index is 2.44. The molecule has 78 valence electrons. The molecule has 0 aromatic carbocycles. The van der Waals surface area contributed by atoms with Crippen LogP contribution in [0.15, 0.2) is 23.0 Å². The highest BCUT2D eigenvalue weighted by Gasteiger charge is 2.10. The molecule has 15 heavy (non-hydrogen) atoms. The summed E-state index contributed by atoms with van der Waals surface area (Å²) in [4.78, 5) is 8.26.